The molecule has 82 valence electrons. The smallest absolute Gasteiger partial charge is 0.0480 e. The average molecular weight is 198 g/mol. The van der Waals surface area contributed by atoms with Crippen molar-refractivity contribution in [3.63, 3.8) is 0 Å². The van der Waals surface area contributed by atoms with Crippen LogP contribution in [0.3, 0.4) is 0 Å². The van der Waals surface area contributed by atoms with E-state index in [0.29, 0.717) is 0 Å². The zero-order valence-corrected chi connectivity index (χ0v) is 9.00. The third kappa shape index (κ3) is 2.94. The fourth-order valence-electron chi connectivity index (χ4n) is 2.47. The first kappa shape index (κ1) is 10.4. The van der Waals surface area contributed by atoms with Gasteiger partial charge >= 0.3 is 0 Å². The molecule has 2 heterocycles. The van der Waals surface area contributed by atoms with Crippen molar-refractivity contribution in [3.8, 4) is 0 Å². The van der Waals surface area contributed by atoms with E-state index in [4.69, 9.17) is 4.74 Å². The Morgan fingerprint density at radius 3 is 2.29 bits per heavy atom. The molecular formula is C11H22N2O. The van der Waals surface area contributed by atoms with Gasteiger partial charge in [-0.25, -0.2) is 0 Å². The highest BCUT2D eigenvalue weighted by molar-refractivity contribution is 4.76. The highest BCUT2D eigenvalue weighted by atomic mass is 16.5. The van der Waals surface area contributed by atoms with Gasteiger partial charge in [0, 0.05) is 19.3 Å². The Labute approximate surface area is 86.8 Å². The fraction of sp³-hybridized carbons (Fsp3) is 1.00. The minimum Gasteiger partial charge on any atom is -0.381 e. The summed E-state index contributed by atoms with van der Waals surface area (Å²) in [6.07, 6.45) is 5.09. The molecule has 0 aromatic heterocycles. The molecule has 2 aliphatic rings. The van der Waals surface area contributed by atoms with E-state index in [1.54, 1.807) is 0 Å². The van der Waals surface area contributed by atoms with Crippen molar-refractivity contribution in [1.82, 2.24) is 10.2 Å². The maximum absolute atomic E-state index is 5.41. The molecule has 3 nitrogen and oxygen atoms in total. The van der Waals surface area contributed by atoms with Crippen molar-refractivity contribution < 1.29 is 4.74 Å². The Morgan fingerprint density at radius 1 is 1.00 bits per heavy atom. The maximum Gasteiger partial charge on any atom is 0.0480 e. The lowest BCUT2D eigenvalue weighted by Crippen LogP contribution is -2.43. The monoisotopic (exact) mass is 198 g/mol. The van der Waals surface area contributed by atoms with E-state index in [2.05, 4.69) is 10.2 Å². The molecule has 0 aliphatic carbocycles. The lowest BCUT2D eigenvalue weighted by Gasteiger charge is -2.35. The van der Waals surface area contributed by atoms with E-state index in [-0.39, 0.29) is 0 Å². The molecule has 0 unspecified atom stereocenters. The summed E-state index contributed by atoms with van der Waals surface area (Å²) in [6, 6.07) is 0.807. The van der Waals surface area contributed by atoms with Gasteiger partial charge in [0.1, 0.15) is 0 Å². The normalized spacial score (nSPS) is 28.3. The van der Waals surface area contributed by atoms with Crippen molar-refractivity contribution in [2.75, 3.05) is 39.4 Å². The first-order valence-electron chi connectivity index (χ1n) is 5.99. The first-order chi connectivity index (χ1) is 6.97. The minimum atomic E-state index is 0.807. The van der Waals surface area contributed by atoms with Gasteiger partial charge in [-0.05, 0) is 51.9 Å². The lowest BCUT2D eigenvalue weighted by atomic mass is 10.1. The summed E-state index contributed by atoms with van der Waals surface area (Å²) in [7, 11) is 0. The standard InChI is InChI=1S/C11H22N2O/c1-5-12-6-2-8-13(7-1)11-3-9-14-10-4-11/h11-12H,1-10H2. The van der Waals surface area contributed by atoms with Gasteiger partial charge in [-0.2, -0.15) is 0 Å². The van der Waals surface area contributed by atoms with Crippen LogP contribution in [0.2, 0.25) is 0 Å². The van der Waals surface area contributed by atoms with Gasteiger partial charge in [-0.1, -0.05) is 0 Å². The summed E-state index contributed by atoms with van der Waals surface area (Å²) in [5.74, 6) is 0. The molecule has 2 rings (SSSR count). The number of nitrogens with zero attached hydrogens (tertiary/aromatic N) is 1. The molecule has 14 heavy (non-hydrogen) atoms. The predicted octanol–water partition coefficient (Wildman–Crippen LogP) is 0.851. The van der Waals surface area contributed by atoms with Crippen LogP contribution in [0, 0.1) is 0 Å². The second-order valence-electron chi connectivity index (χ2n) is 4.34. The van der Waals surface area contributed by atoms with Gasteiger partial charge in [0.2, 0.25) is 0 Å². The number of rotatable bonds is 1. The van der Waals surface area contributed by atoms with E-state index in [0.717, 1.165) is 19.3 Å². The van der Waals surface area contributed by atoms with Gasteiger partial charge in [0.25, 0.3) is 0 Å². The summed E-state index contributed by atoms with van der Waals surface area (Å²) in [4.78, 5) is 2.68. The minimum absolute atomic E-state index is 0.807. The maximum atomic E-state index is 5.41. The third-order valence-electron chi connectivity index (χ3n) is 3.30. The molecule has 2 saturated heterocycles. The molecule has 2 fully saturated rings. The van der Waals surface area contributed by atoms with Gasteiger partial charge in [0.05, 0.1) is 0 Å². The van der Waals surface area contributed by atoms with E-state index < -0.39 is 0 Å². The Hall–Kier alpha value is -0.120. The van der Waals surface area contributed by atoms with Gasteiger partial charge in [0.15, 0.2) is 0 Å². The van der Waals surface area contributed by atoms with Crippen LogP contribution in [0.4, 0.5) is 0 Å². The number of hydrogen-bond acceptors (Lipinski definition) is 3. The van der Waals surface area contributed by atoms with Crippen LogP contribution in [0.15, 0.2) is 0 Å². The Kier molecular flexibility index (Phi) is 4.22. The molecule has 0 amide bonds. The van der Waals surface area contributed by atoms with Crippen molar-refractivity contribution in [3.05, 3.63) is 0 Å². The van der Waals surface area contributed by atoms with Crippen molar-refractivity contribution >= 4 is 0 Å². The highest BCUT2D eigenvalue weighted by Gasteiger charge is 2.21. The summed E-state index contributed by atoms with van der Waals surface area (Å²) in [6.45, 7) is 6.88. The molecule has 3 heteroatoms. The molecule has 0 aromatic carbocycles. The second kappa shape index (κ2) is 5.69. The van der Waals surface area contributed by atoms with Crippen molar-refractivity contribution in [2.24, 2.45) is 0 Å². The lowest BCUT2D eigenvalue weighted by molar-refractivity contribution is 0.0319. The molecular weight excluding hydrogens is 176 g/mol. The van der Waals surface area contributed by atoms with Crippen molar-refractivity contribution in [1.29, 1.82) is 0 Å². The Balaban J connectivity index is 1.80. The molecule has 0 atom stereocenters. The molecule has 2 aliphatic heterocycles. The Bertz CT molecular complexity index is 149. The average Bonchev–Trinajstić information content (AvgIpc) is 2.18. The van der Waals surface area contributed by atoms with Gasteiger partial charge in [-0.15, -0.1) is 0 Å². The number of hydrogen-bond donors (Lipinski definition) is 1. The first-order valence-corrected chi connectivity index (χ1v) is 5.99. The summed E-state index contributed by atoms with van der Waals surface area (Å²) < 4.78 is 5.41. The molecule has 0 spiro atoms. The predicted molar refractivity (Wildman–Crippen MR) is 57.5 cm³/mol. The van der Waals surface area contributed by atoms with Crippen LogP contribution >= 0.6 is 0 Å². The topological polar surface area (TPSA) is 24.5 Å². The zero-order chi connectivity index (χ0) is 9.64. The van der Waals surface area contributed by atoms with E-state index >= 15 is 0 Å². The number of ether oxygens (including phenoxy) is 1. The van der Waals surface area contributed by atoms with Crippen molar-refractivity contribution in [2.45, 2.75) is 31.7 Å². The van der Waals surface area contributed by atoms with E-state index in [1.165, 1.54) is 51.9 Å². The SMILES string of the molecule is C1CNCCCN(C2CCOCC2)C1. The van der Waals surface area contributed by atoms with E-state index in [9.17, 15) is 0 Å². The molecule has 1 N–H and O–H groups in total. The van der Waals surface area contributed by atoms with Crippen LogP contribution in [0.25, 0.3) is 0 Å². The summed E-state index contributed by atoms with van der Waals surface area (Å²) in [5, 5.41) is 3.46. The van der Waals surface area contributed by atoms with Crippen LogP contribution in [-0.2, 0) is 4.74 Å². The highest BCUT2D eigenvalue weighted by Crippen LogP contribution is 2.15. The van der Waals surface area contributed by atoms with Crippen LogP contribution < -0.4 is 5.32 Å². The molecule has 0 saturated carbocycles. The van der Waals surface area contributed by atoms with Crippen LogP contribution in [0.1, 0.15) is 25.7 Å². The van der Waals surface area contributed by atoms with Gasteiger partial charge in [-0.3, -0.25) is 0 Å². The molecule has 0 aromatic rings. The Morgan fingerprint density at radius 2 is 1.64 bits per heavy atom. The van der Waals surface area contributed by atoms with Gasteiger partial charge < -0.3 is 15.0 Å². The summed E-state index contributed by atoms with van der Waals surface area (Å²) >= 11 is 0. The van der Waals surface area contributed by atoms with Crippen LogP contribution in [-0.4, -0.2) is 50.3 Å². The second-order valence-corrected chi connectivity index (χ2v) is 4.34. The fourth-order valence-corrected chi connectivity index (χ4v) is 2.47. The summed E-state index contributed by atoms with van der Waals surface area (Å²) in [5.41, 5.74) is 0. The molecule has 0 radical (unpaired) electrons. The van der Waals surface area contributed by atoms with Crippen LogP contribution in [0.5, 0.6) is 0 Å². The zero-order valence-electron chi connectivity index (χ0n) is 9.00. The van der Waals surface area contributed by atoms with E-state index in [1.807, 2.05) is 0 Å². The largest absolute Gasteiger partial charge is 0.381 e. The number of nitrogens with one attached hydrogen (secondary N) is 1. The quantitative estimate of drug-likeness (QED) is 0.676. The molecule has 0 bridgehead atoms. The third-order valence-corrected chi connectivity index (χ3v) is 3.30.